The molecule has 7 heteroatoms. The van der Waals surface area contributed by atoms with Crippen molar-refractivity contribution in [1.29, 1.82) is 0 Å². The quantitative estimate of drug-likeness (QED) is 0.455. The van der Waals surface area contributed by atoms with Crippen molar-refractivity contribution in [2.75, 3.05) is 6.61 Å². The lowest BCUT2D eigenvalue weighted by atomic mass is 10.2. The van der Waals surface area contributed by atoms with Crippen molar-refractivity contribution in [3.63, 3.8) is 0 Å². The monoisotopic (exact) mass is 459 g/mol. The largest absolute Gasteiger partial charge is 0.478 e. The van der Waals surface area contributed by atoms with E-state index in [1.54, 1.807) is 12.3 Å². The fraction of sp³-hybridized carbons (Fsp3) is 0.308. The minimum absolute atomic E-state index is 0.00559. The summed E-state index contributed by atoms with van der Waals surface area (Å²) >= 11 is 5.63. The van der Waals surface area contributed by atoms with E-state index < -0.39 is 12.6 Å². The zero-order valence-electron chi connectivity index (χ0n) is 10.2. The van der Waals surface area contributed by atoms with E-state index in [0.29, 0.717) is 5.88 Å². The second kappa shape index (κ2) is 6.46. The summed E-state index contributed by atoms with van der Waals surface area (Å²) in [6.07, 6.45) is -3.40. The number of benzene rings is 1. The second-order valence-electron chi connectivity index (χ2n) is 4.20. The highest BCUT2D eigenvalue weighted by atomic mass is 127. The van der Waals surface area contributed by atoms with Gasteiger partial charge in [-0.05, 0) is 62.5 Å². The van der Waals surface area contributed by atoms with Gasteiger partial charge in [-0.3, -0.25) is 0 Å². The Morgan fingerprint density at radius 3 is 2.65 bits per heavy atom. The van der Waals surface area contributed by atoms with Crippen LogP contribution in [0.3, 0.4) is 0 Å². The van der Waals surface area contributed by atoms with Crippen molar-refractivity contribution in [3.05, 3.63) is 32.4 Å². The van der Waals surface area contributed by atoms with Crippen molar-refractivity contribution < 1.29 is 17.9 Å². The molecule has 0 fully saturated rings. The number of hydrogen-bond acceptors (Lipinski definition) is 2. The number of ether oxygens (including phenoxy) is 1. The fourth-order valence-corrected chi connectivity index (χ4v) is 2.50. The highest BCUT2D eigenvalue weighted by Crippen LogP contribution is 2.27. The number of rotatable bonds is 4. The Bertz CT molecular complexity index is 618. The van der Waals surface area contributed by atoms with Crippen molar-refractivity contribution >= 4 is 49.3 Å². The molecule has 0 spiro atoms. The summed E-state index contributed by atoms with van der Waals surface area (Å²) in [5, 5.41) is 1.89. The molecule has 0 aliphatic carbocycles. The predicted octanol–water partition coefficient (Wildman–Crippen LogP) is 5.32. The number of alkyl halides is 3. The van der Waals surface area contributed by atoms with Gasteiger partial charge in [0.25, 0.3) is 0 Å². The van der Waals surface area contributed by atoms with Crippen LogP contribution >= 0.6 is 38.5 Å². The Balaban J connectivity index is 2.03. The summed E-state index contributed by atoms with van der Waals surface area (Å²) in [6.45, 7) is 0.00559. The molecule has 1 aromatic heterocycles. The molecule has 0 atom stereocenters. The SMILES string of the molecule is FC(F)(F)CCCOc1cc2cc(I)c(Br)cc2cn1. The zero-order chi connectivity index (χ0) is 14.8. The van der Waals surface area contributed by atoms with Gasteiger partial charge in [0.2, 0.25) is 5.88 Å². The van der Waals surface area contributed by atoms with E-state index in [1.807, 2.05) is 12.1 Å². The Labute approximate surface area is 136 Å². The molecule has 0 aliphatic rings. The van der Waals surface area contributed by atoms with Gasteiger partial charge in [-0.2, -0.15) is 13.2 Å². The van der Waals surface area contributed by atoms with Gasteiger partial charge in [0.1, 0.15) is 0 Å². The molecule has 0 bridgehead atoms. The first kappa shape index (κ1) is 15.8. The van der Waals surface area contributed by atoms with Crippen LogP contribution < -0.4 is 4.74 Å². The molecule has 2 aromatic rings. The van der Waals surface area contributed by atoms with E-state index in [9.17, 15) is 13.2 Å². The van der Waals surface area contributed by atoms with Gasteiger partial charge >= 0.3 is 6.18 Å². The van der Waals surface area contributed by atoms with E-state index in [0.717, 1.165) is 18.8 Å². The Morgan fingerprint density at radius 1 is 1.20 bits per heavy atom. The van der Waals surface area contributed by atoms with Crippen LogP contribution in [-0.2, 0) is 0 Å². The third-order valence-corrected chi connectivity index (χ3v) is 4.88. The third-order valence-electron chi connectivity index (χ3n) is 2.59. The van der Waals surface area contributed by atoms with Gasteiger partial charge in [0.15, 0.2) is 0 Å². The first-order valence-corrected chi connectivity index (χ1v) is 7.67. The molecule has 20 heavy (non-hydrogen) atoms. The molecular formula is C13H10BrF3INO. The normalized spacial score (nSPS) is 11.8. The van der Waals surface area contributed by atoms with E-state index in [4.69, 9.17) is 4.74 Å². The highest BCUT2D eigenvalue weighted by molar-refractivity contribution is 14.1. The van der Waals surface area contributed by atoms with Crippen LogP contribution in [0.25, 0.3) is 10.8 Å². The van der Waals surface area contributed by atoms with Crippen molar-refractivity contribution in [1.82, 2.24) is 4.98 Å². The molecule has 1 heterocycles. The summed E-state index contributed by atoms with van der Waals surface area (Å²) < 4.78 is 43.3. The minimum Gasteiger partial charge on any atom is -0.478 e. The third kappa shape index (κ3) is 4.47. The number of fused-ring (bicyclic) bond motifs is 1. The standard InChI is InChI=1S/C13H10BrF3INO/c14-10-4-9-7-19-12(6-8(9)5-11(10)18)20-3-1-2-13(15,16)17/h4-7H,1-3H2. The summed E-state index contributed by atoms with van der Waals surface area (Å²) in [4.78, 5) is 4.08. The van der Waals surface area contributed by atoms with Crippen LogP contribution in [0.15, 0.2) is 28.9 Å². The van der Waals surface area contributed by atoms with Crippen molar-refractivity contribution in [2.24, 2.45) is 0 Å². The summed E-state index contributed by atoms with van der Waals surface area (Å²) in [5.41, 5.74) is 0. The zero-order valence-corrected chi connectivity index (χ0v) is 13.9. The van der Waals surface area contributed by atoms with Gasteiger partial charge in [-0.25, -0.2) is 4.98 Å². The maximum Gasteiger partial charge on any atom is 0.389 e. The molecule has 0 saturated carbocycles. The highest BCUT2D eigenvalue weighted by Gasteiger charge is 2.26. The first-order valence-electron chi connectivity index (χ1n) is 5.79. The predicted molar refractivity (Wildman–Crippen MR) is 82.9 cm³/mol. The topological polar surface area (TPSA) is 22.1 Å². The first-order chi connectivity index (χ1) is 9.35. The second-order valence-corrected chi connectivity index (χ2v) is 6.22. The smallest absolute Gasteiger partial charge is 0.389 e. The molecule has 0 unspecified atom stereocenters. The minimum atomic E-state index is -4.14. The Morgan fingerprint density at radius 2 is 1.95 bits per heavy atom. The van der Waals surface area contributed by atoms with Gasteiger partial charge in [0, 0.05) is 32.1 Å². The summed E-state index contributed by atoms with van der Waals surface area (Å²) in [5.74, 6) is 0.345. The molecule has 0 aliphatic heterocycles. The van der Waals surface area contributed by atoms with Gasteiger partial charge in [0.05, 0.1) is 6.61 Å². The summed E-state index contributed by atoms with van der Waals surface area (Å²) in [7, 11) is 0. The molecule has 0 N–H and O–H groups in total. The van der Waals surface area contributed by atoms with Crippen LogP contribution in [0.1, 0.15) is 12.8 Å². The van der Waals surface area contributed by atoms with Crippen LogP contribution in [0.5, 0.6) is 5.88 Å². The molecule has 0 amide bonds. The average molecular weight is 460 g/mol. The number of pyridine rings is 1. The maximum atomic E-state index is 12.0. The Hall–Kier alpha value is -0.570. The molecular weight excluding hydrogens is 450 g/mol. The maximum absolute atomic E-state index is 12.0. The molecule has 2 rings (SSSR count). The van der Waals surface area contributed by atoms with Crippen LogP contribution in [0.4, 0.5) is 13.2 Å². The fourth-order valence-electron chi connectivity index (χ4n) is 1.65. The number of halogens is 5. The lowest BCUT2D eigenvalue weighted by Crippen LogP contribution is -2.10. The molecule has 108 valence electrons. The van der Waals surface area contributed by atoms with E-state index in [-0.39, 0.29) is 13.0 Å². The molecule has 1 aromatic carbocycles. The summed E-state index contributed by atoms with van der Waals surface area (Å²) in [6, 6.07) is 5.64. The number of nitrogens with zero attached hydrogens (tertiary/aromatic N) is 1. The molecule has 0 saturated heterocycles. The van der Waals surface area contributed by atoms with Crippen molar-refractivity contribution in [3.8, 4) is 5.88 Å². The van der Waals surface area contributed by atoms with Gasteiger partial charge in [-0.1, -0.05) is 0 Å². The van der Waals surface area contributed by atoms with Gasteiger partial charge < -0.3 is 4.74 Å². The van der Waals surface area contributed by atoms with Crippen LogP contribution in [-0.4, -0.2) is 17.8 Å². The van der Waals surface area contributed by atoms with Crippen LogP contribution in [0.2, 0.25) is 0 Å². The van der Waals surface area contributed by atoms with E-state index in [1.165, 1.54) is 0 Å². The molecule has 2 nitrogen and oxygen atoms in total. The Kier molecular flexibility index (Phi) is 5.11. The van der Waals surface area contributed by atoms with E-state index in [2.05, 4.69) is 43.5 Å². The number of hydrogen-bond donors (Lipinski definition) is 0. The molecule has 0 radical (unpaired) electrons. The van der Waals surface area contributed by atoms with Gasteiger partial charge in [-0.15, -0.1) is 0 Å². The lowest BCUT2D eigenvalue weighted by molar-refractivity contribution is -0.136. The van der Waals surface area contributed by atoms with E-state index >= 15 is 0 Å². The average Bonchev–Trinajstić information content (AvgIpc) is 2.35. The lowest BCUT2D eigenvalue weighted by Gasteiger charge is -2.08. The van der Waals surface area contributed by atoms with Crippen LogP contribution in [0, 0.1) is 3.57 Å². The van der Waals surface area contributed by atoms with Crippen molar-refractivity contribution in [2.45, 2.75) is 19.0 Å². The number of aromatic nitrogens is 1.